The monoisotopic (exact) mass is 445 g/mol. The highest BCUT2D eigenvalue weighted by molar-refractivity contribution is 6.30. The van der Waals surface area contributed by atoms with E-state index in [1.165, 1.54) is 15.6 Å². The van der Waals surface area contributed by atoms with Gasteiger partial charge in [0.2, 0.25) is 5.91 Å². The second-order valence-electron chi connectivity index (χ2n) is 6.90. The van der Waals surface area contributed by atoms with E-state index in [1.54, 1.807) is 41.0 Å². The Morgan fingerprint density at radius 1 is 1.16 bits per heavy atom. The summed E-state index contributed by atoms with van der Waals surface area (Å²) in [6.45, 7) is 3.37. The first-order valence-corrected chi connectivity index (χ1v) is 10.1. The highest BCUT2D eigenvalue weighted by atomic mass is 35.5. The maximum Gasteiger partial charge on any atom is 0.409 e. The fraction of sp³-hybridized carbons (Fsp3) is 0.368. The zero-order chi connectivity index (χ0) is 22.0. The van der Waals surface area contributed by atoms with Gasteiger partial charge in [0.05, 0.1) is 12.3 Å². The van der Waals surface area contributed by atoms with Crippen LogP contribution in [0, 0.1) is 0 Å². The van der Waals surface area contributed by atoms with Crippen molar-refractivity contribution in [1.29, 1.82) is 0 Å². The number of fused-ring (bicyclic) bond motifs is 1. The van der Waals surface area contributed by atoms with Gasteiger partial charge in [-0.05, 0) is 25.1 Å². The van der Waals surface area contributed by atoms with Crippen LogP contribution in [0.15, 0.2) is 35.4 Å². The summed E-state index contributed by atoms with van der Waals surface area (Å²) < 4.78 is 7.61. The van der Waals surface area contributed by atoms with Gasteiger partial charge in [-0.15, -0.1) is 5.10 Å². The fourth-order valence-corrected chi connectivity index (χ4v) is 3.52. The molecule has 1 aromatic carbocycles. The average molecular weight is 446 g/mol. The van der Waals surface area contributed by atoms with Crippen molar-refractivity contribution in [3.63, 3.8) is 0 Å². The van der Waals surface area contributed by atoms with Gasteiger partial charge >= 0.3 is 6.09 Å². The van der Waals surface area contributed by atoms with Crippen molar-refractivity contribution in [2.45, 2.75) is 13.5 Å². The van der Waals surface area contributed by atoms with Crippen molar-refractivity contribution in [3.8, 4) is 5.69 Å². The number of piperazine rings is 1. The summed E-state index contributed by atoms with van der Waals surface area (Å²) in [5, 5.41) is 8.46. The second-order valence-corrected chi connectivity index (χ2v) is 7.33. The molecule has 1 fully saturated rings. The molecule has 0 radical (unpaired) electrons. The number of carbonyl (C=O) groups excluding carboxylic acids is 2. The minimum atomic E-state index is -0.461. The van der Waals surface area contributed by atoms with Gasteiger partial charge in [-0.3, -0.25) is 14.2 Å². The molecule has 1 aliphatic rings. The Labute approximate surface area is 181 Å². The molecule has 3 heterocycles. The zero-order valence-electron chi connectivity index (χ0n) is 16.8. The Morgan fingerprint density at radius 2 is 1.90 bits per heavy atom. The summed E-state index contributed by atoms with van der Waals surface area (Å²) in [6, 6.07) is 6.94. The predicted molar refractivity (Wildman–Crippen MR) is 111 cm³/mol. The molecular formula is C19H20ClN7O4. The summed E-state index contributed by atoms with van der Waals surface area (Å²) >= 11 is 6.02. The first-order chi connectivity index (χ1) is 15.0. The van der Waals surface area contributed by atoms with Crippen molar-refractivity contribution in [2.75, 3.05) is 32.8 Å². The average Bonchev–Trinajstić information content (AvgIpc) is 3.21. The van der Waals surface area contributed by atoms with Crippen molar-refractivity contribution >= 4 is 34.8 Å². The van der Waals surface area contributed by atoms with Crippen molar-refractivity contribution in [3.05, 3.63) is 46.0 Å². The molecule has 2 aromatic heterocycles. The topological polar surface area (TPSA) is 115 Å². The third-order valence-electron chi connectivity index (χ3n) is 4.95. The number of aromatic nitrogens is 5. The van der Waals surface area contributed by atoms with Gasteiger partial charge in [0.1, 0.15) is 12.9 Å². The molecule has 0 unspecified atom stereocenters. The molecule has 1 saturated heterocycles. The number of benzene rings is 1. The number of ether oxygens (including phenoxy) is 1. The molecule has 2 amide bonds. The van der Waals surface area contributed by atoms with E-state index in [2.05, 4.69) is 15.3 Å². The molecule has 0 saturated carbocycles. The largest absolute Gasteiger partial charge is 0.450 e. The van der Waals surface area contributed by atoms with Crippen LogP contribution in [0.2, 0.25) is 5.02 Å². The molecule has 4 rings (SSSR count). The number of hydrogen-bond donors (Lipinski definition) is 0. The first kappa shape index (κ1) is 20.8. The van der Waals surface area contributed by atoms with Gasteiger partial charge < -0.3 is 14.5 Å². The van der Waals surface area contributed by atoms with E-state index in [-0.39, 0.29) is 29.7 Å². The van der Waals surface area contributed by atoms with Crippen LogP contribution in [0.5, 0.6) is 0 Å². The number of halogens is 1. The Morgan fingerprint density at radius 3 is 2.61 bits per heavy atom. The van der Waals surface area contributed by atoms with E-state index in [1.807, 2.05) is 0 Å². The summed E-state index contributed by atoms with van der Waals surface area (Å²) in [6.07, 6.45) is 0.922. The molecule has 0 atom stereocenters. The van der Waals surface area contributed by atoms with Gasteiger partial charge in [0, 0.05) is 31.2 Å². The Hall–Kier alpha value is -3.47. The quantitative estimate of drug-likeness (QED) is 0.586. The number of carbonyl (C=O) groups is 2. The van der Waals surface area contributed by atoms with Crippen molar-refractivity contribution in [1.82, 2.24) is 34.3 Å². The third kappa shape index (κ3) is 4.22. The Bertz CT molecular complexity index is 1180. The molecule has 12 heteroatoms. The van der Waals surface area contributed by atoms with Crippen LogP contribution in [0.4, 0.5) is 4.79 Å². The van der Waals surface area contributed by atoms with E-state index in [4.69, 9.17) is 16.3 Å². The highest BCUT2D eigenvalue weighted by Gasteiger charge is 2.25. The lowest BCUT2D eigenvalue weighted by atomic mass is 10.3. The van der Waals surface area contributed by atoms with Crippen molar-refractivity contribution < 1.29 is 14.3 Å². The molecular weight excluding hydrogens is 426 g/mol. The lowest BCUT2D eigenvalue weighted by Gasteiger charge is -2.34. The summed E-state index contributed by atoms with van der Waals surface area (Å²) in [4.78, 5) is 44.7. The molecule has 0 bridgehead atoms. The lowest BCUT2D eigenvalue weighted by molar-refractivity contribution is -0.133. The fourth-order valence-electron chi connectivity index (χ4n) is 3.34. The van der Waals surface area contributed by atoms with E-state index in [9.17, 15) is 14.4 Å². The molecule has 0 N–H and O–H groups in total. The van der Waals surface area contributed by atoms with Gasteiger partial charge in [-0.25, -0.2) is 9.78 Å². The third-order valence-corrected chi connectivity index (χ3v) is 5.18. The normalized spacial score (nSPS) is 14.1. The Kier molecular flexibility index (Phi) is 5.85. The van der Waals surface area contributed by atoms with E-state index in [0.717, 1.165) is 0 Å². The first-order valence-electron chi connectivity index (χ1n) is 9.74. The van der Waals surface area contributed by atoms with E-state index in [0.29, 0.717) is 43.5 Å². The van der Waals surface area contributed by atoms with E-state index < -0.39 is 5.56 Å². The van der Waals surface area contributed by atoms with Crippen LogP contribution in [0.25, 0.3) is 16.9 Å². The SMILES string of the molecule is CCOC(=O)N1CCN(C(=O)Cn2cnc3c(nnn3-c3cccc(Cl)c3)c2=O)CC1. The molecule has 0 spiro atoms. The van der Waals surface area contributed by atoms with Crippen LogP contribution in [0.1, 0.15) is 6.92 Å². The smallest absolute Gasteiger partial charge is 0.409 e. The standard InChI is InChI=1S/C19H20ClN7O4/c1-2-31-19(30)25-8-6-24(7-9-25)15(28)11-26-12-21-17-16(18(26)29)22-23-27(17)14-5-3-4-13(20)10-14/h3-5,10,12H,2,6-9,11H2,1H3. The minimum Gasteiger partial charge on any atom is -0.450 e. The number of rotatable bonds is 4. The molecule has 1 aliphatic heterocycles. The van der Waals surface area contributed by atoms with Crippen molar-refractivity contribution in [2.24, 2.45) is 0 Å². The van der Waals surface area contributed by atoms with Crippen LogP contribution in [-0.2, 0) is 16.1 Å². The minimum absolute atomic E-state index is 0.0578. The molecule has 3 aromatic rings. The van der Waals surface area contributed by atoms with Crippen LogP contribution in [-0.4, -0.2) is 79.1 Å². The van der Waals surface area contributed by atoms with Gasteiger partial charge in [0.15, 0.2) is 11.2 Å². The number of nitrogens with zero attached hydrogens (tertiary/aromatic N) is 7. The second kappa shape index (κ2) is 8.72. The molecule has 31 heavy (non-hydrogen) atoms. The lowest BCUT2D eigenvalue weighted by Crippen LogP contribution is -2.51. The maximum atomic E-state index is 12.8. The van der Waals surface area contributed by atoms with Gasteiger partial charge in [-0.2, -0.15) is 4.68 Å². The van der Waals surface area contributed by atoms with E-state index >= 15 is 0 Å². The molecule has 11 nitrogen and oxygen atoms in total. The number of hydrogen-bond acceptors (Lipinski definition) is 7. The van der Waals surface area contributed by atoms with Crippen LogP contribution < -0.4 is 5.56 Å². The summed E-state index contributed by atoms with van der Waals surface area (Å²) in [7, 11) is 0. The maximum absolute atomic E-state index is 12.8. The molecule has 0 aliphatic carbocycles. The summed E-state index contributed by atoms with van der Waals surface area (Å²) in [5.74, 6) is -0.242. The predicted octanol–water partition coefficient (Wildman–Crippen LogP) is 0.931. The van der Waals surface area contributed by atoms with Crippen LogP contribution >= 0.6 is 11.6 Å². The number of amides is 2. The van der Waals surface area contributed by atoms with Gasteiger partial charge in [-0.1, -0.05) is 22.9 Å². The van der Waals surface area contributed by atoms with Crippen LogP contribution in [0.3, 0.4) is 0 Å². The molecule has 162 valence electrons. The summed E-state index contributed by atoms with van der Waals surface area (Å²) in [5.41, 5.74) is 0.494. The Balaban J connectivity index is 1.48. The zero-order valence-corrected chi connectivity index (χ0v) is 17.5. The highest BCUT2D eigenvalue weighted by Crippen LogP contribution is 2.16. The van der Waals surface area contributed by atoms with Gasteiger partial charge in [0.25, 0.3) is 5.56 Å².